The van der Waals surface area contributed by atoms with Gasteiger partial charge in [-0.3, -0.25) is 14.9 Å². The van der Waals surface area contributed by atoms with Gasteiger partial charge < -0.3 is 10.6 Å². The van der Waals surface area contributed by atoms with E-state index in [1.165, 1.54) is 38.2 Å². The molecule has 0 aromatic heterocycles. The zero-order chi connectivity index (χ0) is 18.4. The lowest BCUT2D eigenvalue weighted by Crippen LogP contribution is -2.99. The second-order valence-electron chi connectivity index (χ2n) is 8.40. The summed E-state index contributed by atoms with van der Waals surface area (Å²) in [5, 5.41) is 15.7. The first kappa shape index (κ1) is 17.4. The van der Waals surface area contributed by atoms with Crippen LogP contribution in [0.2, 0.25) is 0 Å². The van der Waals surface area contributed by atoms with E-state index in [2.05, 4.69) is 10.6 Å². The summed E-state index contributed by atoms with van der Waals surface area (Å²) in [5.74, 6) is 2.12. The van der Waals surface area contributed by atoms with E-state index >= 15 is 0 Å². The summed E-state index contributed by atoms with van der Waals surface area (Å²) in [6.07, 6.45) is 6.59. The molecule has 5 rings (SSSR count). The normalized spacial score (nSPS) is 33.1. The van der Waals surface area contributed by atoms with E-state index < -0.39 is 16.4 Å². The lowest BCUT2D eigenvalue weighted by atomic mass is 9.54. The van der Waals surface area contributed by atoms with Gasteiger partial charge in [-0.25, -0.2) is 0 Å². The smallest absolute Gasteiger partial charge is 0.306 e. The van der Waals surface area contributed by atoms with Crippen molar-refractivity contribution >= 4 is 17.3 Å². The fraction of sp³-hybridized carbons (Fsp3) is 0.632. The van der Waals surface area contributed by atoms with Crippen LogP contribution in [0.1, 0.15) is 39.0 Å². The zero-order valence-electron chi connectivity index (χ0n) is 14.9. The number of nitrogens with two attached hydrogens (primary N) is 1. The number of anilines is 1. The van der Waals surface area contributed by atoms with Gasteiger partial charge in [-0.15, -0.1) is 0 Å². The van der Waals surface area contributed by atoms with E-state index in [1.54, 1.807) is 0 Å². The highest BCUT2D eigenvalue weighted by Gasteiger charge is 2.50. The summed E-state index contributed by atoms with van der Waals surface area (Å²) in [6.45, 7) is 1.87. The van der Waals surface area contributed by atoms with Crippen LogP contribution in [-0.4, -0.2) is 22.9 Å². The van der Waals surface area contributed by atoms with Crippen molar-refractivity contribution < 1.29 is 19.4 Å². The van der Waals surface area contributed by atoms with Crippen LogP contribution in [0, 0.1) is 39.6 Å². The maximum absolute atomic E-state index is 13.4. The lowest BCUT2D eigenvalue weighted by molar-refractivity contribution is -0.724. The molecule has 1 aromatic carbocycles. The van der Waals surface area contributed by atoms with Gasteiger partial charge in [-0.1, -0.05) is 0 Å². The quantitative estimate of drug-likeness (QED) is 0.623. The minimum atomic E-state index is -0.902. The third kappa shape index (κ3) is 3.20. The van der Waals surface area contributed by atoms with Crippen molar-refractivity contribution in [2.75, 3.05) is 5.32 Å². The Balaban J connectivity index is 1.39. The second-order valence-corrected chi connectivity index (χ2v) is 8.40. The number of benzene rings is 1. The minimum absolute atomic E-state index is 0.195. The van der Waals surface area contributed by atoms with Crippen molar-refractivity contribution in [3.63, 3.8) is 0 Å². The predicted octanol–water partition coefficient (Wildman–Crippen LogP) is 2.45. The number of nitro benzene ring substituents is 1. The fourth-order valence-electron chi connectivity index (χ4n) is 5.69. The number of amides is 1. The Morgan fingerprint density at radius 1 is 1.23 bits per heavy atom. The molecule has 3 N–H and O–H groups in total. The molecule has 4 fully saturated rings. The third-order valence-electron chi connectivity index (χ3n) is 6.63. The first-order valence-corrected chi connectivity index (χ1v) is 9.50. The van der Waals surface area contributed by atoms with E-state index in [1.807, 2.05) is 6.92 Å². The Bertz CT molecular complexity index is 711. The summed E-state index contributed by atoms with van der Waals surface area (Å²) >= 11 is 0. The van der Waals surface area contributed by atoms with Crippen LogP contribution in [0.5, 0.6) is 0 Å². The highest BCUT2D eigenvalue weighted by Crippen LogP contribution is 2.52. The van der Waals surface area contributed by atoms with Gasteiger partial charge in [0, 0.05) is 23.6 Å². The maximum Gasteiger partial charge on any atom is 0.306 e. The maximum atomic E-state index is 13.4. The van der Waals surface area contributed by atoms with Crippen LogP contribution < -0.4 is 10.6 Å². The number of nitrogens with zero attached hydrogens (tertiary/aromatic N) is 1. The number of rotatable bonds is 5. The number of halogens is 1. The van der Waals surface area contributed by atoms with Crippen LogP contribution in [0.3, 0.4) is 0 Å². The molecule has 4 aliphatic rings. The number of carbonyl (C=O) groups is 1. The molecule has 4 bridgehead atoms. The number of hydrogen-bond acceptors (Lipinski definition) is 3. The first-order chi connectivity index (χ1) is 12.4. The number of nitro groups is 1. The minimum Gasteiger partial charge on any atom is -0.333 e. The lowest BCUT2D eigenvalue weighted by Gasteiger charge is -2.53. The first-order valence-electron chi connectivity index (χ1n) is 9.50. The van der Waals surface area contributed by atoms with E-state index in [0.29, 0.717) is 17.9 Å². The molecule has 4 aliphatic carbocycles. The Labute approximate surface area is 151 Å². The van der Waals surface area contributed by atoms with Gasteiger partial charge in [0.25, 0.3) is 5.91 Å². The molecular formula is C19H25FN3O3+. The average molecular weight is 362 g/mol. The molecule has 140 valence electrons. The molecule has 7 heteroatoms. The monoisotopic (exact) mass is 362 g/mol. The number of carbonyl (C=O) groups excluding carboxylic acids is 1. The number of nitrogens with one attached hydrogen (secondary N) is 1. The average Bonchev–Trinajstić information content (AvgIpc) is 2.58. The topological polar surface area (TPSA) is 88.8 Å². The van der Waals surface area contributed by atoms with E-state index in [-0.39, 0.29) is 17.6 Å². The van der Waals surface area contributed by atoms with Crippen molar-refractivity contribution in [1.82, 2.24) is 0 Å². The van der Waals surface area contributed by atoms with Crippen LogP contribution in [-0.2, 0) is 4.79 Å². The van der Waals surface area contributed by atoms with Crippen LogP contribution in [0.4, 0.5) is 15.8 Å². The van der Waals surface area contributed by atoms with E-state index in [0.717, 1.165) is 24.0 Å². The molecule has 0 radical (unpaired) electrons. The van der Waals surface area contributed by atoms with Gasteiger partial charge in [0.1, 0.15) is 0 Å². The third-order valence-corrected chi connectivity index (χ3v) is 6.63. The Morgan fingerprint density at radius 3 is 2.42 bits per heavy atom. The van der Waals surface area contributed by atoms with E-state index in [9.17, 15) is 19.3 Å². The molecule has 0 spiro atoms. The molecule has 6 nitrogen and oxygen atoms in total. The summed E-state index contributed by atoms with van der Waals surface area (Å²) in [6, 6.07) is 3.67. The largest absolute Gasteiger partial charge is 0.333 e. The van der Waals surface area contributed by atoms with Gasteiger partial charge in [-0.2, -0.15) is 4.39 Å². The van der Waals surface area contributed by atoms with Gasteiger partial charge in [0.05, 0.1) is 11.0 Å². The molecule has 0 saturated heterocycles. The second kappa shape index (κ2) is 6.61. The van der Waals surface area contributed by atoms with Crippen molar-refractivity contribution in [3.8, 4) is 0 Å². The zero-order valence-corrected chi connectivity index (χ0v) is 14.9. The van der Waals surface area contributed by atoms with Crippen molar-refractivity contribution in [1.29, 1.82) is 0 Å². The Morgan fingerprint density at radius 2 is 1.85 bits per heavy atom. The van der Waals surface area contributed by atoms with Gasteiger partial charge in [0.2, 0.25) is 5.82 Å². The highest BCUT2D eigenvalue weighted by molar-refractivity contribution is 5.93. The molecule has 1 amide bonds. The van der Waals surface area contributed by atoms with Gasteiger partial charge >= 0.3 is 5.69 Å². The van der Waals surface area contributed by atoms with Gasteiger partial charge in [-0.05, 0) is 63.0 Å². The number of quaternary nitrogens is 1. The summed E-state index contributed by atoms with van der Waals surface area (Å²) in [5.41, 5.74) is -0.367. The van der Waals surface area contributed by atoms with Crippen molar-refractivity contribution in [2.45, 2.75) is 51.1 Å². The summed E-state index contributed by atoms with van der Waals surface area (Å²) < 4.78 is 13.4. The molecule has 26 heavy (non-hydrogen) atoms. The molecule has 1 atom stereocenters. The molecule has 4 saturated carbocycles. The van der Waals surface area contributed by atoms with Crippen LogP contribution >= 0.6 is 0 Å². The summed E-state index contributed by atoms with van der Waals surface area (Å²) in [4.78, 5) is 22.6. The van der Waals surface area contributed by atoms with Gasteiger partial charge in [0.15, 0.2) is 6.04 Å². The molecule has 0 aliphatic heterocycles. The highest BCUT2D eigenvalue weighted by atomic mass is 19.1. The fourth-order valence-corrected chi connectivity index (χ4v) is 5.69. The molecule has 1 aromatic rings. The van der Waals surface area contributed by atoms with Crippen LogP contribution in [0.15, 0.2) is 18.2 Å². The summed E-state index contributed by atoms with van der Waals surface area (Å²) in [7, 11) is 0. The predicted molar refractivity (Wildman–Crippen MR) is 93.9 cm³/mol. The van der Waals surface area contributed by atoms with Crippen molar-refractivity contribution in [2.24, 2.45) is 23.7 Å². The van der Waals surface area contributed by atoms with Crippen LogP contribution in [0.25, 0.3) is 0 Å². The van der Waals surface area contributed by atoms with Crippen molar-refractivity contribution in [3.05, 3.63) is 34.1 Å². The SMILES string of the molecule is C[C@H]([NH2+]C1C2CC3CC(C2)CC1C3)C(=O)Nc1ccc(F)c([N+](=O)[O-])c1. The standard InChI is InChI=1S/C19H24FN3O3/c1-10(19(24)22-15-2-3-16(20)17(9-15)23(25)26)21-18-13-5-11-4-12(7-13)8-14(18)6-11/h2-3,9-14,18,21H,4-8H2,1H3,(H,22,24)/p+1/t10-,11?,12?,13?,14?,18?/m0/s1. The Kier molecular flexibility index (Phi) is 4.42. The Hall–Kier alpha value is -2.02. The number of hydrogen-bond donors (Lipinski definition) is 2. The molecule has 0 unspecified atom stereocenters. The molecule has 0 heterocycles. The van der Waals surface area contributed by atoms with E-state index in [4.69, 9.17) is 0 Å². The molecular weight excluding hydrogens is 337 g/mol.